The Hall–Kier alpha value is -1.09. The average molecular weight is 231 g/mol. The molecule has 3 rings (SSSR count). The zero-order valence-electron chi connectivity index (χ0n) is 10.7. The average Bonchev–Trinajstić information content (AvgIpc) is 2.61. The number of nitrogens with zero attached hydrogens (tertiary/aromatic N) is 2. The van der Waals surface area contributed by atoms with Crippen molar-refractivity contribution in [2.45, 2.75) is 50.7 Å². The van der Waals surface area contributed by atoms with E-state index in [1.54, 1.807) is 0 Å². The van der Waals surface area contributed by atoms with Crippen LogP contribution >= 0.6 is 0 Å². The van der Waals surface area contributed by atoms with Gasteiger partial charge in [0.2, 0.25) is 0 Å². The largest absolute Gasteiger partial charge is 0.364 e. The number of pyridine rings is 1. The fourth-order valence-corrected chi connectivity index (χ4v) is 3.45. The van der Waals surface area contributed by atoms with Gasteiger partial charge >= 0.3 is 0 Å². The Morgan fingerprint density at radius 3 is 2.47 bits per heavy atom. The maximum Gasteiger partial charge on any atom is 0.0557 e. The second-order valence-electron chi connectivity index (χ2n) is 5.41. The van der Waals surface area contributed by atoms with Crippen LogP contribution in [0.15, 0.2) is 18.3 Å². The van der Waals surface area contributed by atoms with Crippen LogP contribution in [0.5, 0.6) is 0 Å². The lowest BCUT2D eigenvalue weighted by Crippen LogP contribution is -2.48. The number of aromatic nitrogens is 1. The highest BCUT2D eigenvalue weighted by molar-refractivity contribution is 5.49. The maximum absolute atomic E-state index is 4.43. The minimum absolute atomic E-state index is 0.710. The molecule has 2 saturated heterocycles. The van der Waals surface area contributed by atoms with Gasteiger partial charge in [0.15, 0.2) is 0 Å². The molecule has 3 heteroatoms. The fourth-order valence-electron chi connectivity index (χ4n) is 3.45. The molecule has 2 fully saturated rings. The molecular weight excluding hydrogens is 210 g/mol. The van der Waals surface area contributed by atoms with Gasteiger partial charge < -0.3 is 10.2 Å². The van der Waals surface area contributed by atoms with E-state index in [4.69, 9.17) is 0 Å². The van der Waals surface area contributed by atoms with Gasteiger partial charge in [0, 0.05) is 23.8 Å². The minimum atomic E-state index is 0.710. The van der Waals surface area contributed by atoms with Gasteiger partial charge in [0.1, 0.15) is 0 Å². The molecule has 92 valence electrons. The first-order chi connectivity index (χ1) is 8.28. The number of rotatable bonds is 2. The van der Waals surface area contributed by atoms with Crippen molar-refractivity contribution in [3.05, 3.63) is 24.0 Å². The Kier molecular flexibility index (Phi) is 2.79. The second kappa shape index (κ2) is 4.30. The van der Waals surface area contributed by atoms with Crippen molar-refractivity contribution in [1.29, 1.82) is 0 Å². The molecule has 1 aromatic rings. The van der Waals surface area contributed by atoms with Crippen molar-refractivity contribution in [2.75, 3.05) is 11.9 Å². The highest BCUT2D eigenvalue weighted by Gasteiger charge is 2.40. The van der Waals surface area contributed by atoms with E-state index in [9.17, 15) is 0 Å². The Morgan fingerprint density at radius 2 is 1.94 bits per heavy atom. The van der Waals surface area contributed by atoms with Crippen LogP contribution in [0.4, 0.5) is 5.69 Å². The van der Waals surface area contributed by atoms with Crippen molar-refractivity contribution in [3.8, 4) is 0 Å². The van der Waals surface area contributed by atoms with Crippen LogP contribution in [0.2, 0.25) is 0 Å². The second-order valence-corrected chi connectivity index (χ2v) is 5.41. The SMILES string of the molecule is CNC1CC2CCC(C1)N2c1ccc(C)nc1. The zero-order chi connectivity index (χ0) is 11.8. The summed E-state index contributed by atoms with van der Waals surface area (Å²) in [6.45, 7) is 2.05. The van der Waals surface area contributed by atoms with Crippen molar-refractivity contribution < 1.29 is 0 Å². The van der Waals surface area contributed by atoms with Gasteiger partial charge in [-0.15, -0.1) is 0 Å². The smallest absolute Gasteiger partial charge is 0.0557 e. The van der Waals surface area contributed by atoms with E-state index in [0.717, 1.165) is 17.8 Å². The summed E-state index contributed by atoms with van der Waals surface area (Å²) in [6, 6.07) is 6.50. The third-order valence-electron chi connectivity index (χ3n) is 4.34. The van der Waals surface area contributed by atoms with Gasteiger partial charge in [-0.05, 0) is 51.8 Å². The molecule has 2 aliphatic heterocycles. The summed E-state index contributed by atoms with van der Waals surface area (Å²) >= 11 is 0. The summed E-state index contributed by atoms with van der Waals surface area (Å²) in [5, 5.41) is 3.44. The fraction of sp³-hybridized carbons (Fsp3) is 0.643. The number of nitrogens with one attached hydrogen (secondary N) is 1. The lowest BCUT2D eigenvalue weighted by molar-refractivity contribution is 0.373. The molecule has 1 N–H and O–H groups in total. The zero-order valence-corrected chi connectivity index (χ0v) is 10.7. The molecule has 17 heavy (non-hydrogen) atoms. The van der Waals surface area contributed by atoms with Crippen molar-refractivity contribution >= 4 is 5.69 Å². The number of fused-ring (bicyclic) bond motifs is 2. The summed E-state index contributed by atoms with van der Waals surface area (Å²) in [5.74, 6) is 0. The van der Waals surface area contributed by atoms with Gasteiger partial charge in [-0.2, -0.15) is 0 Å². The molecule has 0 saturated carbocycles. The number of hydrogen-bond donors (Lipinski definition) is 1. The lowest BCUT2D eigenvalue weighted by atomic mass is 9.97. The van der Waals surface area contributed by atoms with E-state index in [1.165, 1.54) is 31.4 Å². The summed E-state index contributed by atoms with van der Waals surface area (Å²) in [4.78, 5) is 7.04. The monoisotopic (exact) mass is 231 g/mol. The van der Waals surface area contributed by atoms with E-state index in [-0.39, 0.29) is 0 Å². The summed E-state index contributed by atoms with van der Waals surface area (Å²) in [7, 11) is 2.09. The first kappa shape index (κ1) is 11.0. The number of piperidine rings is 1. The molecule has 0 aliphatic carbocycles. The van der Waals surface area contributed by atoms with Crippen molar-refractivity contribution in [2.24, 2.45) is 0 Å². The maximum atomic E-state index is 4.43. The first-order valence-corrected chi connectivity index (χ1v) is 6.66. The Labute approximate surface area is 103 Å². The standard InChI is InChI=1S/C14H21N3/c1-10-3-4-14(9-16-10)17-12-5-6-13(17)8-11(7-12)15-2/h3-4,9,11-13,15H,5-8H2,1-2H3. The molecule has 0 radical (unpaired) electrons. The van der Waals surface area contributed by atoms with E-state index in [0.29, 0.717) is 6.04 Å². The molecule has 2 bridgehead atoms. The van der Waals surface area contributed by atoms with E-state index < -0.39 is 0 Å². The molecule has 2 atom stereocenters. The van der Waals surface area contributed by atoms with Crippen LogP contribution in [0.25, 0.3) is 0 Å². The van der Waals surface area contributed by atoms with Crippen LogP contribution in [0, 0.1) is 6.92 Å². The Balaban J connectivity index is 1.83. The van der Waals surface area contributed by atoms with E-state index in [1.807, 2.05) is 13.1 Å². The van der Waals surface area contributed by atoms with Crippen LogP contribution in [-0.2, 0) is 0 Å². The molecular formula is C14H21N3. The molecule has 2 aliphatic rings. The Bertz CT molecular complexity index is 373. The minimum Gasteiger partial charge on any atom is -0.364 e. The Morgan fingerprint density at radius 1 is 1.24 bits per heavy atom. The highest BCUT2D eigenvalue weighted by Crippen LogP contribution is 2.38. The van der Waals surface area contributed by atoms with Crippen LogP contribution in [0.3, 0.4) is 0 Å². The van der Waals surface area contributed by atoms with E-state index in [2.05, 4.69) is 34.4 Å². The van der Waals surface area contributed by atoms with Crippen LogP contribution < -0.4 is 10.2 Å². The third-order valence-corrected chi connectivity index (χ3v) is 4.34. The highest BCUT2D eigenvalue weighted by atomic mass is 15.2. The molecule has 0 aromatic carbocycles. The van der Waals surface area contributed by atoms with Crippen LogP contribution in [0.1, 0.15) is 31.4 Å². The van der Waals surface area contributed by atoms with Gasteiger partial charge in [0.05, 0.1) is 11.9 Å². The molecule has 2 unspecified atom stereocenters. The number of aryl methyl sites for hydroxylation is 1. The van der Waals surface area contributed by atoms with E-state index >= 15 is 0 Å². The molecule has 0 spiro atoms. The first-order valence-electron chi connectivity index (χ1n) is 6.66. The van der Waals surface area contributed by atoms with Crippen molar-refractivity contribution in [3.63, 3.8) is 0 Å². The van der Waals surface area contributed by atoms with Gasteiger partial charge in [-0.25, -0.2) is 0 Å². The molecule has 1 aromatic heterocycles. The van der Waals surface area contributed by atoms with Gasteiger partial charge in [-0.3, -0.25) is 4.98 Å². The quantitative estimate of drug-likeness (QED) is 0.845. The number of anilines is 1. The predicted octanol–water partition coefficient (Wildman–Crippen LogP) is 2.11. The summed E-state index contributed by atoms with van der Waals surface area (Å²) in [5.41, 5.74) is 2.42. The molecule has 0 amide bonds. The number of hydrogen-bond acceptors (Lipinski definition) is 3. The van der Waals surface area contributed by atoms with Crippen molar-refractivity contribution in [1.82, 2.24) is 10.3 Å². The molecule has 3 heterocycles. The van der Waals surface area contributed by atoms with Gasteiger partial charge in [0.25, 0.3) is 0 Å². The lowest BCUT2D eigenvalue weighted by Gasteiger charge is -2.40. The summed E-state index contributed by atoms with van der Waals surface area (Å²) < 4.78 is 0. The molecule has 3 nitrogen and oxygen atoms in total. The topological polar surface area (TPSA) is 28.2 Å². The third kappa shape index (κ3) is 1.93. The summed E-state index contributed by atoms with van der Waals surface area (Å²) in [6.07, 6.45) is 7.29. The van der Waals surface area contributed by atoms with Crippen LogP contribution in [-0.4, -0.2) is 30.2 Å². The van der Waals surface area contributed by atoms with Gasteiger partial charge in [-0.1, -0.05) is 0 Å². The predicted molar refractivity (Wildman–Crippen MR) is 70.3 cm³/mol. The normalized spacial score (nSPS) is 31.9.